The number of halogens is 1. The quantitative estimate of drug-likeness (QED) is 0.610. The molecule has 0 saturated carbocycles. The molecule has 132 valence electrons. The van der Waals surface area contributed by atoms with Crippen LogP contribution in [0.2, 0.25) is 0 Å². The molecule has 0 heterocycles. The first-order chi connectivity index (χ1) is 12.0. The van der Waals surface area contributed by atoms with Gasteiger partial charge in [-0.15, -0.1) is 0 Å². The summed E-state index contributed by atoms with van der Waals surface area (Å²) in [5.41, 5.74) is 0.439. The lowest BCUT2D eigenvalue weighted by molar-refractivity contribution is -0.387. The van der Waals surface area contributed by atoms with Gasteiger partial charge in [-0.05, 0) is 37.3 Å². The van der Waals surface area contributed by atoms with Gasteiger partial charge in [0.05, 0.1) is 18.6 Å². The van der Waals surface area contributed by atoms with Gasteiger partial charge >= 0.3 is 5.69 Å². The molecule has 0 bridgehead atoms. The molecule has 0 atom stereocenters. The van der Waals surface area contributed by atoms with Gasteiger partial charge in [-0.2, -0.15) is 4.39 Å². The highest BCUT2D eigenvalue weighted by Crippen LogP contribution is 2.24. The molecule has 8 heteroatoms. The number of rotatable bonds is 7. The van der Waals surface area contributed by atoms with E-state index in [2.05, 4.69) is 5.32 Å². The molecule has 2 rings (SSSR count). The summed E-state index contributed by atoms with van der Waals surface area (Å²) in [7, 11) is 1.52. The van der Waals surface area contributed by atoms with Crippen LogP contribution >= 0.6 is 0 Å². The Labute approximate surface area is 143 Å². The molecule has 0 aliphatic carbocycles. The lowest BCUT2D eigenvalue weighted by Crippen LogP contribution is -2.13. The van der Waals surface area contributed by atoms with E-state index in [0.717, 1.165) is 12.1 Å². The minimum absolute atomic E-state index is 0.125. The molecule has 7 nitrogen and oxygen atoms in total. The highest BCUT2D eigenvalue weighted by Gasteiger charge is 2.16. The summed E-state index contributed by atoms with van der Waals surface area (Å²) in [6.45, 7) is 2.64. The van der Waals surface area contributed by atoms with Crippen molar-refractivity contribution in [3.8, 4) is 5.75 Å². The average Bonchev–Trinajstić information content (AvgIpc) is 2.60. The van der Waals surface area contributed by atoms with Crippen LogP contribution in [-0.2, 0) is 11.3 Å². The molecule has 0 aliphatic heterocycles. The Bertz CT molecular complexity index is 795. The maximum Gasteiger partial charge on any atom is 0.306 e. The van der Waals surface area contributed by atoms with Crippen LogP contribution in [0.5, 0.6) is 5.75 Å². The SMILES string of the molecule is CCOCc1cc(C(=O)Nc2ccc(F)c([N+](=O)[O-])c2)ccc1OC. The van der Waals surface area contributed by atoms with Crippen LogP contribution in [0, 0.1) is 15.9 Å². The number of nitro groups is 1. The van der Waals surface area contributed by atoms with E-state index in [0.29, 0.717) is 23.5 Å². The lowest BCUT2D eigenvalue weighted by atomic mass is 10.1. The second kappa shape index (κ2) is 8.20. The number of benzene rings is 2. The smallest absolute Gasteiger partial charge is 0.306 e. The first kappa shape index (κ1) is 18.3. The molecule has 0 radical (unpaired) electrons. The van der Waals surface area contributed by atoms with Gasteiger partial charge in [0.1, 0.15) is 5.75 Å². The van der Waals surface area contributed by atoms with E-state index in [4.69, 9.17) is 9.47 Å². The highest BCUT2D eigenvalue weighted by atomic mass is 19.1. The van der Waals surface area contributed by atoms with Gasteiger partial charge in [0.2, 0.25) is 5.82 Å². The zero-order valence-corrected chi connectivity index (χ0v) is 13.7. The number of nitrogens with zero attached hydrogens (tertiary/aromatic N) is 1. The highest BCUT2D eigenvalue weighted by molar-refractivity contribution is 6.04. The maximum atomic E-state index is 13.4. The number of hydrogen-bond acceptors (Lipinski definition) is 5. The predicted octanol–water partition coefficient (Wildman–Crippen LogP) is 3.53. The Morgan fingerprint density at radius 2 is 2.04 bits per heavy atom. The number of nitro benzene ring substituents is 1. The molecule has 1 N–H and O–H groups in total. The van der Waals surface area contributed by atoms with Crippen molar-refractivity contribution in [2.45, 2.75) is 13.5 Å². The van der Waals surface area contributed by atoms with Crippen molar-refractivity contribution in [1.82, 2.24) is 0 Å². The lowest BCUT2D eigenvalue weighted by Gasteiger charge is -2.11. The predicted molar refractivity (Wildman–Crippen MR) is 89.3 cm³/mol. The second-order valence-electron chi connectivity index (χ2n) is 5.04. The number of methoxy groups -OCH3 is 1. The standard InChI is InChI=1S/C17H17FN2O5/c1-3-25-10-12-8-11(4-7-16(12)24-2)17(21)19-13-5-6-14(18)15(9-13)20(22)23/h4-9H,3,10H2,1-2H3,(H,19,21). The Hall–Kier alpha value is -3.00. The summed E-state index contributed by atoms with van der Waals surface area (Å²) in [6.07, 6.45) is 0. The zero-order valence-electron chi connectivity index (χ0n) is 13.7. The third-order valence-electron chi connectivity index (χ3n) is 3.40. The van der Waals surface area contributed by atoms with Crippen LogP contribution in [0.3, 0.4) is 0 Å². The number of carbonyl (C=O) groups excluding carboxylic acids is 1. The normalized spacial score (nSPS) is 10.4. The fourth-order valence-corrected chi connectivity index (χ4v) is 2.18. The molecule has 0 aromatic heterocycles. The third kappa shape index (κ3) is 4.51. The second-order valence-corrected chi connectivity index (χ2v) is 5.04. The summed E-state index contributed by atoms with van der Waals surface area (Å²) in [6, 6.07) is 7.96. The largest absolute Gasteiger partial charge is 0.496 e. The molecular formula is C17H17FN2O5. The van der Waals surface area contributed by atoms with Gasteiger partial charge < -0.3 is 14.8 Å². The van der Waals surface area contributed by atoms with Crippen LogP contribution in [0.25, 0.3) is 0 Å². The van der Waals surface area contributed by atoms with Crippen molar-refractivity contribution < 1.29 is 23.6 Å². The fraction of sp³-hybridized carbons (Fsp3) is 0.235. The number of hydrogen-bond donors (Lipinski definition) is 1. The van der Waals surface area contributed by atoms with Crippen LogP contribution in [0.15, 0.2) is 36.4 Å². The van der Waals surface area contributed by atoms with Gasteiger partial charge in [-0.3, -0.25) is 14.9 Å². The number of nitrogens with one attached hydrogen (secondary N) is 1. The van der Waals surface area contributed by atoms with E-state index in [1.807, 2.05) is 6.92 Å². The average molecular weight is 348 g/mol. The molecule has 2 aromatic carbocycles. The van der Waals surface area contributed by atoms with E-state index >= 15 is 0 Å². The Morgan fingerprint density at radius 1 is 1.28 bits per heavy atom. The van der Waals surface area contributed by atoms with Crippen LogP contribution in [-0.4, -0.2) is 24.5 Å². The van der Waals surface area contributed by atoms with Crippen LogP contribution in [0.1, 0.15) is 22.8 Å². The molecule has 0 fully saturated rings. The van der Waals surface area contributed by atoms with Crippen molar-refractivity contribution in [2.75, 3.05) is 19.0 Å². The molecule has 0 saturated heterocycles. The van der Waals surface area contributed by atoms with E-state index in [1.54, 1.807) is 18.2 Å². The monoisotopic (exact) mass is 348 g/mol. The number of carbonyl (C=O) groups is 1. The molecule has 25 heavy (non-hydrogen) atoms. The molecule has 1 amide bonds. The Balaban J connectivity index is 2.23. The van der Waals surface area contributed by atoms with Crippen LogP contribution in [0.4, 0.5) is 15.8 Å². The summed E-state index contributed by atoms with van der Waals surface area (Å²) in [5, 5.41) is 13.3. The zero-order chi connectivity index (χ0) is 18.4. The van der Waals surface area contributed by atoms with Crippen molar-refractivity contribution in [3.05, 3.63) is 63.5 Å². The molecule has 2 aromatic rings. The number of anilines is 1. The van der Waals surface area contributed by atoms with Crippen molar-refractivity contribution in [2.24, 2.45) is 0 Å². The van der Waals surface area contributed by atoms with Crippen molar-refractivity contribution in [1.29, 1.82) is 0 Å². The van der Waals surface area contributed by atoms with E-state index in [9.17, 15) is 19.3 Å². The van der Waals surface area contributed by atoms with E-state index in [-0.39, 0.29) is 12.3 Å². The minimum Gasteiger partial charge on any atom is -0.496 e. The number of ether oxygens (including phenoxy) is 2. The molecule has 0 spiro atoms. The first-order valence-corrected chi connectivity index (χ1v) is 7.46. The Morgan fingerprint density at radius 3 is 2.68 bits per heavy atom. The number of amides is 1. The van der Waals surface area contributed by atoms with Gasteiger partial charge in [-0.25, -0.2) is 0 Å². The first-order valence-electron chi connectivity index (χ1n) is 7.46. The topological polar surface area (TPSA) is 90.7 Å². The fourth-order valence-electron chi connectivity index (χ4n) is 2.18. The minimum atomic E-state index is -0.966. The summed E-state index contributed by atoms with van der Waals surface area (Å²) >= 11 is 0. The summed E-state index contributed by atoms with van der Waals surface area (Å²) in [5.74, 6) is -0.866. The van der Waals surface area contributed by atoms with E-state index in [1.165, 1.54) is 13.2 Å². The molecule has 0 unspecified atom stereocenters. The molecular weight excluding hydrogens is 331 g/mol. The maximum absolute atomic E-state index is 13.4. The van der Waals surface area contributed by atoms with Gasteiger partial charge in [0.25, 0.3) is 5.91 Å². The summed E-state index contributed by atoms with van der Waals surface area (Å²) in [4.78, 5) is 22.3. The van der Waals surface area contributed by atoms with Crippen molar-refractivity contribution in [3.63, 3.8) is 0 Å². The van der Waals surface area contributed by atoms with Gasteiger partial charge in [0, 0.05) is 29.5 Å². The van der Waals surface area contributed by atoms with Crippen molar-refractivity contribution >= 4 is 17.3 Å². The van der Waals surface area contributed by atoms with E-state index < -0.39 is 22.3 Å². The molecule has 0 aliphatic rings. The third-order valence-corrected chi connectivity index (χ3v) is 3.40. The van der Waals surface area contributed by atoms with Crippen LogP contribution < -0.4 is 10.1 Å². The van der Waals surface area contributed by atoms with Gasteiger partial charge in [0.15, 0.2) is 0 Å². The van der Waals surface area contributed by atoms with Gasteiger partial charge in [-0.1, -0.05) is 0 Å². The summed E-state index contributed by atoms with van der Waals surface area (Å²) < 4.78 is 23.9. The Kier molecular flexibility index (Phi) is 6.02.